The van der Waals surface area contributed by atoms with Crippen LogP contribution in [0.3, 0.4) is 0 Å². The average Bonchev–Trinajstić information content (AvgIpc) is 3.32. The Bertz CT molecular complexity index is 645. The van der Waals surface area contributed by atoms with Gasteiger partial charge in [0.25, 0.3) is 0 Å². The van der Waals surface area contributed by atoms with Gasteiger partial charge in [-0.3, -0.25) is 4.99 Å². The van der Waals surface area contributed by atoms with Crippen LogP contribution in [0, 0.1) is 5.82 Å². The average molecular weight is 316 g/mol. The number of nitrogens with two attached hydrogens (primary N) is 1. The van der Waals surface area contributed by atoms with Crippen molar-refractivity contribution < 1.29 is 9.13 Å². The second-order valence-electron chi connectivity index (χ2n) is 6.73. The normalized spacial score (nSPS) is 22.5. The molecule has 0 bridgehead atoms. The van der Waals surface area contributed by atoms with Crippen molar-refractivity contribution in [2.24, 2.45) is 10.7 Å². The number of allylic oxidation sites excluding steroid dienone is 1. The lowest BCUT2D eigenvalue weighted by molar-refractivity contribution is 0.302. The molecule has 0 atom stereocenters. The van der Waals surface area contributed by atoms with Gasteiger partial charge in [-0.25, -0.2) is 4.39 Å². The van der Waals surface area contributed by atoms with Gasteiger partial charge in [0.1, 0.15) is 11.6 Å². The third-order valence-electron chi connectivity index (χ3n) is 4.23. The summed E-state index contributed by atoms with van der Waals surface area (Å²) in [6.07, 6.45) is 6.43. The minimum absolute atomic E-state index is 0.222. The Hall–Kier alpha value is -1.84. The molecule has 0 spiro atoms. The quantitative estimate of drug-likeness (QED) is 0.891. The van der Waals surface area contributed by atoms with Gasteiger partial charge in [-0.15, -0.1) is 0 Å². The molecule has 3 nitrogen and oxygen atoms in total. The molecule has 124 valence electrons. The summed E-state index contributed by atoms with van der Waals surface area (Å²) in [5.74, 6) is 0.401. The van der Waals surface area contributed by atoms with Crippen molar-refractivity contribution in [3.63, 3.8) is 0 Å². The number of benzene rings is 1. The van der Waals surface area contributed by atoms with Crippen molar-refractivity contribution in [2.75, 3.05) is 0 Å². The number of ether oxygens (including phenoxy) is 1. The van der Waals surface area contributed by atoms with Gasteiger partial charge in [-0.2, -0.15) is 0 Å². The first-order chi connectivity index (χ1) is 11.0. The van der Waals surface area contributed by atoms with E-state index in [0.29, 0.717) is 17.0 Å². The highest BCUT2D eigenvalue weighted by Crippen LogP contribution is 2.32. The minimum atomic E-state index is -0.299. The highest BCUT2D eigenvalue weighted by Gasteiger charge is 2.24. The molecule has 2 aliphatic carbocycles. The van der Waals surface area contributed by atoms with E-state index in [1.165, 1.54) is 6.07 Å². The fraction of sp³-hybridized carbons (Fsp3) is 0.526. The monoisotopic (exact) mass is 316 g/mol. The lowest BCUT2D eigenvalue weighted by Crippen LogP contribution is -2.17. The fourth-order valence-corrected chi connectivity index (χ4v) is 2.96. The van der Waals surface area contributed by atoms with Crippen LogP contribution < -0.4 is 10.5 Å². The van der Waals surface area contributed by atoms with E-state index in [1.54, 1.807) is 12.1 Å². The molecule has 3 rings (SSSR count). The van der Waals surface area contributed by atoms with Crippen LogP contribution in [0.1, 0.15) is 57.9 Å². The van der Waals surface area contributed by atoms with Crippen LogP contribution in [-0.2, 0) is 0 Å². The second-order valence-corrected chi connectivity index (χ2v) is 6.73. The van der Waals surface area contributed by atoms with E-state index in [0.717, 1.165) is 49.8 Å². The maximum atomic E-state index is 14.3. The van der Waals surface area contributed by atoms with Crippen molar-refractivity contribution in [1.29, 1.82) is 0 Å². The maximum Gasteiger partial charge on any atom is 0.132 e. The summed E-state index contributed by atoms with van der Waals surface area (Å²) in [5.41, 5.74) is 9.36. The van der Waals surface area contributed by atoms with Gasteiger partial charge in [-0.1, -0.05) is 0 Å². The SMILES string of the molecule is CC(C)N=C1CCCC/C1=C(/N)c1cc(OC2CC2)ccc1F. The molecule has 0 heterocycles. The predicted octanol–water partition coefficient (Wildman–Crippen LogP) is 4.46. The number of nitrogens with zero attached hydrogens (tertiary/aromatic N) is 1. The first kappa shape index (κ1) is 16.0. The molecule has 1 aromatic carbocycles. The Balaban J connectivity index is 1.97. The Morgan fingerprint density at radius 3 is 2.70 bits per heavy atom. The lowest BCUT2D eigenvalue weighted by Gasteiger charge is -2.21. The van der Waals surface area contributed by atoms with Crippen molar-refractivity contribution in [3.05, 3.63) is 35.2 Å². The summed E-state index contributed by atoms with van der Waals surface area (Å²) >= 11 is 0. The lowest BCUT2D eigenvalue weighted by atomic mass is 9.89. The number of rotatable bonds is 4. The van der Waals surface area contributed by atoms with Gasteiger partial charge in [-0.05, 0) is 76.1 Å². The Morgan fingerprint density at radius 1 is 1.26 bits per heavy atom. The molecule has 1 aromatic rings. The summed E-state index contributed by atoms with van der Waals surface area (Å²) in [6, 6.07) is 5.08. The zero-order valence-electron chi connectivity index (χ0n) is 13.9. The summed E-state index contributed by atoms with van der Waals surface area (Å²) in [4.78, 5) is 4.70. The zero-order valence-corrected chi connectivity index (χ0v) is 13.9. The number of halogens is 1. The van der Waals surface area contributed by atoms with Crippen LogP contribution >= 0.6 is 0 Å². The molecule has 2 fully saturated rings. The van der Waals surface area contributed by atoms with Gasteiger partial charge in [0.05, 0.1) is 6.10 Å². The molecule has 0 aliphatic heterocycles. The van der Waals surface area contributed by atoms with E-state index >= 15 is 0 Å². The molecule has 0 radical (unpaired) electrons. The first-order valence-corrected chi connectivity index (χ1v) is 8.57. The molecular weight excluding hydrogens is 291 g/mol. The molecule has 2 aliphatic rings. The van der Waals surface area contributed by atoms with Crippen molar-refractivity contribution in [1.82, 2.24) is 0 Å². The Kier molecular flexibility index (Phi) is 4.69. The van der Waals surface area contributed by atoms with E-state index in [2.05, 4.69) is 13.8 Å². The van der Waals surface area contributed by atoms with Crippen molar-refractivity contribution in [2.45, 2.75) is 64.5 Å². The van der Waals surface area contributed by atoms with Crippen molar-refractivity contribution in [3.8, 4) is 5.75 Å². The topological polar surface area (TPSA) is 47.6 Å². The molecule has 0 saturated heterocycles. The Labute approximate surface area is 137 Å². The standard InChI is InChI=1S/C19H25FN2O/c1-12(2)22-18-6-4-3-5-15(18)19(21)16-11-14(9-10-17(16)20)23-13-7-8-13/h9-13H,3-8,21H2,1-2H3/b19-15-,22-18?. The van der Waals surface area contributed by atoms with Crippen LogP contribution in [0.5, 0.6) is 5.75 Å². The van der Waals surface area contributed by atoms with Gasteiger partial charge >= 0.3 is 0 Å². The van der Waals surface area contributed by atoms with Crippen molar-refractivity contribution >= 4 is 11.4 Å². The molecule has 0 amide bonds. The van der Waals surface area contributed by atoms with Gasteiger partial charge < -0.3 is 10.5 Å². The van der Waals surface area contributed by atoms with Gasteiger partial charge in [0, 0.05) is 23.0 Å². The summed E-state index contributed by atoms with van der Waals surface area (Å²) < 4.78 is 20.1. The molecule has 2 N–H and O–H groups in total. The number of hydrogen-bond acceptors (Lipinski definition) is 3. The van der Waals surface area contributed by atoms with Crippen LogP contribution in [-0.4, -0.2) is 17.9 Å². The summed E-state index contributed by atoms with van der Waals surface area (Å²) in [7, 11) is 0. The largest absolute Gasteiger partial charge is 0.490 e. The van der Waals surface area contributed by atoms with E-state index in [1.807, 2.05) is 0 Å². The summed E-state index contributed by atoms with van der Waals surface area (Å²) in [5, 5.41) is 0. The van der Waals surface area contributed by atoms with Gasteiger partial charge in [0.15, 0.2) is 0 Å². The van der Waals surface area contributed by atoms with Gasteiger partial charge in [0.2, 0.25) is 0 Å². The van der Waals surface area contributed by atoms with E-state index in [-0.39, 0.29) is 18.0 Å². The highest BCUT2D eigenvalue weighted by atomic mass is 19.1. The third kappa shape index (κ3) is 3.92. The molecule has 23 heavy (non-hydrogen) atoms. The third-order valence-corrected chi connectivity index (χ3v) is 4.23. The number of aliphatic imine (C=N–C) groups is 1. The van der Waals surface area contributed by atoms with E-state index < -0.39 is 0 Å². The second kappa shape index (κ2) is 6.73. The highest BCUT2D eigenvalue weighted by molar-refractivity contribution is 6.06. The summed E-state index contributed by atoms with van der Waals surface area (Å²) in [6.45, 7) is 4.11. The molecule has 4 heteroatoms. The molecule has 2 saturated carbocycles. The maximum absolute atomic E-state index is 14.3. The van der Waals surface area contributed by atoms with E-state index in [4.69, 9.17) is 15.5 Å². The minimum Gasteiger partial charge on any atom is -0.490 e. The Morgan fingerprint density at radius 2 is 2.00 bits per heavy atom. The fourth-order valence-electron chi connectivity index (χ4n) is 2.96. The van der Waals surface area contributed by atoms with Crippen LogP contribution in [0.25, 0.3) is 5.70 Å². The molecule has 0 aromatic heterocycles. The van der Waals surface area contributed by atoms with E-state index in [9.17, 15) is 4.39 Å². The van der Waals surface area contributed by atoms with Crippen LogP contribution in [0.2, 0.25) is 0 Å². The van der Waals surface area contributed by atoms with Crippen LogP contribution in [0.15, 0.2) is 28.8 Å². The number of hydrogen-bond donors (Lipinski definition) is 1. The first-order valence-electron chi connectivity index (χ1n) is 8.57. The smallest absolute Gasteiger partial charge is 0.132 e. The molecular formula is C19H25FN2O. The van der Waals surface area contributed by atoms with Crippen LogP contribution in [0.4, 0.5) is 4.39 Å². The zero-order chi connectivity index (χ0) is 16.4. The molecule has 0 unspecified atom stereocenters. The predicted molar refractivity (Wildman–Crippen MR) is 92.2 cm³/mol.